The highest BCUT2D eigenvalue weighted by Crippen LogP contribution is 2.21. The minimum absolute atomic E-state index is 0.104. The van der Waals surface area contributed by atoms with Gasteiger partial charge in [0.1, 0.15) is 0 Å². The molecule has 0 atom stereocenters. The molecule has 2 aromatic rings. The van der Waals surface area contributed by atoms with Gasteiger partial charge in [0.2, 0.25) is 11.7 Å². The Kier molecular flexibility index (Phi) is 5.59. The molecule has 2 aliphatic heterocycles. The molecule has 0 saturated carbocycles. The number of anilines is 1. The molecule has 3 heterocycles. The van der Waals surface area contributed by atoms with E-state index < -0.39 is 0 Å². The number of carbonyl (C=O) groups is 1. The number of hydrogen-bond donors (Lipinski definition) is 0. The van der Waals surface area contributed by atoms with Gasteiger partial charge >= 0.3 is 0 Å². The molecular weight excluding hydrogens is 348 g/mol. The van der Waals surface area contributed by atoms with Crippen molar-refractivity contribution < 1.29 is 14.3 Å². The predicted molar refractivity (Wildman–Crippen MR) is 98.3 cm³/mol. The molecule has 0 spiro atoms. The Morgan fingerprint density at radius 2 is 1.63 bits per heavy atom. The van der Waals surface area contributed by atoms with E-state index in [-0.39, 0.29) is 5.91 Å². The van der Waals surface area contributed by atoms with Crippen LogP contribution in [0, 0.1) is 0 Å². The first-order valence-electron chi connectivity index (χ1n) is 9.36. The summed E-state index contributed by atoms with van der Waals surface area (Å²) in [5, 5.41) is 12.6. The van der Waals surface area contributed by atoms with E-state index >= 15 is 0 Å². The number of nitrogens with zero attached hydrogens (tertiary/aromatic N) is 6. The van der Waals surface area contributed by atoms with Gasteiger partial charge in [0.25, 0.3) is 0 Å². The number of rotatable bonds is 5. The van der Waals surface area contributed by atoms with Crippen LogP contribution in [-0.4, -0.2) is 83.6 Å². The van der Waals surface area contributed by atoms with Gasteiger partial charge in [-0.2, -0.15) is 4.80 Å². The van der Waals surface area contributed by atoms with Gasteiger partial charge in [-0.1, -0.05) is 0 Å². The van der Waals surface area contributed by atoms with Crippen molar-refractivity contribution in [1.29, 1.82) is 0 Å². The topological polar surface area (TPSA) is 85.6 Å². The van der Waals surface area contributed by atoms with Crippen LogP contribution in [0.3, 0.4) is 0 Å². The summed E-state index contributed by atoms with van der Waals surface area (Å²) in [4.78, 5) is 17.8. The van der Waals surface area contributed by atoms with Crippen molar-refractivity contribution >= 4 is 11.6 Å². The number of morpholine rings is 2. The number of aryl methyl sites for hydroxylation is 1. The smallest absolute Gasteiger partial charge is 0.224 e. The lowest BCUT2D eigenvalue weighted by molar-refractivity contribution is -0.135. The first kappa shape index (κ1) is 17.9. The molecule has 144 valence electrons. The van der Waals surface area contributed by atoms with E-state index in [1.54, 1.807) is 0 Å². The largest absolute Gasteiger partial charge is 0.378 e. The van der Waals surface area contributed by atoms with E-state index in [1.807, 2.05) is 17.0 Å². The molecular formula is C18H24N6O3. The molecule has 1 amide bonds. The lowest BCUT2D eigenvalue weighted by Gasteiger charge is -2.28. The third-order valence-electron chi connectivity index (χ3n) is 4.84. The molecule has 27 heavy (non-hydrogen) atoms. The highest BCUT2D eigenvalue weighted by Gasteiger charge is 2.17. The summed E-state index contributed by atoms with van der Waals surface area (Å²) in [6, 6.07) is 8.16. The molecule has 2 saturated heterocycles. The Morgan fingerprint density at radius 3 is 2.33 bits per heavy atom. The third-order valence-corrected chi connectivity index (χ3v) is 4.84. The predicted octanol–water partition coefficient (Wildman–Crippen LogP) is 0.426. The fourth-order valence-corrected chi connectivity index (χ4v) is 3.26. The van der Waals surface area contributed by atoms with E-state index in [4.69, 9.17) is 9.47 Å². The summed E-state index contributed by atoms with van der Waals surface area (Å²) in [6.07, 6.45) is 0.367. The number of tetrazole rings is 1. The van der Waals surface area contributed by atoms with Crippen molar-refractivity contribution in [2.75, 3.05) is 57.5 Å². The number of ether oxygens (including phenoxy) is 2. The maximum Gasteiger partial charge on any atom is 0.224 e. The van der Waals surface area contributed by atoms with Gasteiger partial charge in [-0.05, 0) is 29.5 Å². The van der Waals surface area contributed by atoms with E-state index in [1.165, 1.54) is 10.5 Å². The fourth-order valence-electron chi connectivity index (χ4n) is 3.26. The summed E-state index contributed by atoms with van der Waals surface area (Å²) in [7, 11) is 0. The van der Waals surface area contributed by atoms with E-state index in [2.05, 4.69) is 32.4 Å². The molecule has 0 N–H and O–H groups in total. The minimum atomic E-state index is 0.104. The van der Waals surface area contributed by atoms with Crippen LogP contribution < -0.4 is 4.90 Å². The average Bonchev–Trinajstić information content (AvgIpc) is 3.22. The Balaban J connectivity index is 1.33. The van der Waals surface area contributed by atoms with Gasteiger partial charge in [-0.3, -0.25) is 4.79 Å². The average molecular weight is 372 g/mol. The summed E-state index contributed by atoms with van der Waals surface area (Å²) in [5.74, 6) is 0.675. The second-order valence-corrected chi connectivity index (χ2v) is 6.60. The fraction of sp³-hybridized carbons (Fsp3) is 0.556. The highest BCUT2D eigenvalue weighted by atomic mass is 16.5. The minimum Gasteiger partial charge on any atom is -0.378 e. The van der Waals surface area contributed by atoms with Gasteiger partial charge in [-0.15, -0.1) is 10.2 Å². The lowest BCUT2D eigenvalue weighted by atomic mass is 10.2. The molecule has 1 aromatic carbocycles. The number of benzene rings is 1. The monoisotopic (exact) mass is 372 g/mol. The Morgan fingerprint density at radius 1 is 0.963 bits per heavy atom. The van der Waals surface area contributed by atoms with Crippen LogP contribution >= 0.6 is 0 Å². The molecule has 2 fully saturated rings. The van der Waals surface area contributed by atoms with Gasteiger partial charge in [-0.25, -0.2) is 0 Å². The maximum atomic E-state index is 12.2. The normalized spacial score (nSPS) is 17.9. The SMILES string of the molecule is O=C(CCn1nnc(-c2ccc(N3CCOCC3)cc2)n1)N1CCOCC1. The second-order valence-electron chi connectivity index (χ2n) is 6.60. The van der Waals surface area contributed by atoms with Crippen LogP contribution in [0.5, 0.6) is 0 Å². The molecule has 0 aliphatic carbocycles. The molecule has 9 nitrogen and oxygen atoms in total. The highest BCUT2D eigenvalue weighted by molar-refractivity contribution is 5.76. The van der Waals surface area contributed by atoms with Crippen LogP contribution in [0.4, 0.5) is 5.69 Å². The van der Waals surface area contributed by atoms with E-state index in [9.17, 15) is 4.79 Å². The van der Waals surface area contributed by atoms with Gasteiger partial charge in [0, 0.05) is 43.9 Å². The van der Waals surface area contributed by atoms with Gasteiger partial charge in [0.15, 0.2) is 0 Å². The van der Waals surface area contributed by atoms with Gasteiger partial charge in [0.05, 0.1) is 33.0 Å². The summed E-state index contributed by atoms with van der Waals surface area (Å²) >= 11 is 0. The van der Waals surface area contributed by atoms with Crippen LogP contribution in [0.2, 0.25) is 0 Å². The van der Waals surface area contributed by atoms with Gasteiger partial charge < -0.3 is 19.3 Å². The van der Waals surface area contributed by atoms with Crippen LogP contribution in [0.25, 0.3) is 11.4 Å². The van der Waals surface area contributed by atoms with Crippen LogP contribution in [0.1, 0.15) is 6.42 Å². The standard InChI is InChI=1S/C18H24N6O3/c25-17(23-9-13-27-14-10-23)5-6-24-20-18(19-21-24)15-1-3-16(4-2-15)22-7-11-26-12-8-22/h1-4H,5-14H2. The van der Waals surface area contributed by atoms with E-state index in [0.717, 1.165) is 31.9 Å². The first-order valence-corrected chi connectivity index (χ1v) is 9.36. The van der Waals surface area contributed by atoms with Crippen molar-refractivity contribution in [3.63, 3.8) is 0 Å². The summed E-state index contributed by atoms with van der Waals surface area (Å²) in [6.45, 7) is 6.30. The second kappa shape index (κ2) is 8.45. The molecule has 0 radical (unpaired) electrons. The maximum absolute atomic E-state index is 12.2. The van der Waals surface area contributed by atoms with Crippen molar-refractivity contribution in [1.82, 2.24) is 25.1 Å². The molecule has 0 unspecified atom stereocenters. The molecule has 1 aromatic heterocycles. The zero-order valence-electron chi connectivity index (χ0n) is 15.3. The first-order chi connectivity index (χ1) is 13.3. The van der Waals surface area contributed by atoms with E-state index in [0.29, 0.717) is 45.1 Å². The zero-order valence-corrected chi connectivity index (χ0v) is 15.3. The van der Waals surface area contributed by atoms with Crippen molar-refractivity contribution in [2.45, 2.75) is 13.0 Å². The number of hydrogen-bond acceptors (Lipinski definition) is 7. The third kappa shape index (κ3) is 4.42. The van der Waals surface area contributed by atoms with Crippen molar-refractivity contribution in [2.24, 2.45) is 0 Å². The lowest BCUT2D eigenvalue weighted by Crippen LogP contribution is -2.41. The van der Waals surface area contributed by atoms with Crippen molar-refractivity contribution in [3.05, 3.63) is 24.3 Å². The number of amides is 1. The number of aromatic nitrogens is 4. The summed E-state index contributed by atoms with van der Waals surface area (Å²) in [5.41, 5.74) is 2.09. The quantitative estimate of drug-likeness (QED) is 0.752. The summed E-state index contributed by atoms with van der Waals surface area (Å²) < 4.78 is 10.7. The molecule has 2 aliphatic rings. The van der Waals surface area contributed by atoms with Crippen LogP contribution in [-0.2, 0) is 20.8 Å². The number of carbonyl (C=O) groups excluding carboxylic acids is 1. The Bertz CT molecular complexity index is 751. The molecule has 4 rings (SSSR count). The molecule has 9 heteroatoms. The Labute approximate surface area is 157 Å². The molecule has 0 bridgehead atoms. The Hall–Kier alpha value is -2.52. The van der Waals surface area contributed by atoms with Crippen LogP contribution in [0.15, 0.2) is 24.3 Å². The van der Waals surface area contributed by atoms with Crippen molar-refractivity contribution in [3.8, 4) is 11.4 Å². The zero-order chi connectivity index (χ0) is 18.5.